The van der Waals surface area contributed by atoms with Gasteiger partial charge in [-0.15, -0.1) is 5.10 Å². The van der Waals surface area contributed by atoms with Crippen LogP contribution >= 0.6 is 0 Å². The minimum Gasteiger partial charge on any atom is -0.334 e. The number of rotatable bonds is 5. The summed E-state index contributed by atoms with van der Waals surface area (Å²) in [7, 11) is 0. The number of pyridine rings is 1. The van der Waals surface area contributed by atoms with E-state index in [-0.39, 0.29) is 23.3 Å². The van der Waals surface area contributed by atoms with Crippen molar-refractivity contribution in [2.24, 2.45) is 0 Å². The summed E-state index contributed by atoms with van der Waals surface area (Å²) >= 11 is 0. The van der Waals surface area contributed by atoms with Crippen molar-refractivity contribution in [2.75, 3.05) is 26.2 Å². The average molecular weight is 487 g/mol. The molecule has 2 aromatic carbocycles. The van der Waals surface area contributed by atoms with E-state index in [1.165, 1.54) is 31.0 Å². The lowest BCUT2D eigenvalue weighted by atomic mass is 10.1. The van der Waals surface area contributed by atoms with Crippen LogP contribution in [0.1, 0.15) is 36.0 Å². The monoisotopic (exact) mass is 486 g/mol. The molecule has 0 radical (unpaired) electrons. The molecule has 4 heterocycles. The van der Waals surface area contributed by atoms with Crippen molar-refractivity contribution in [3.63, 3.8) is 0 Å². The van der Waals surface area contributed by atoms with Crippen LogP contribution in [0, 0.1) is 5.82 Å². The summed E-state index contributed by atoms with van der Waals surface area (Å²) in [6.45, 7) is 4.03. The Hall–Kier alpha value is -3.85. The molecule has 0 unspecified atom stereocenters. The van der Waals surface area contributed by atoms with E-state index < -0.39 is 0 Å². The highest BCUT2D eigenvalue weighted by Crippen LogP contribution is 2.24. The van der Waals surface area contributed by atoms with Gasteiger partial charge in [-0.05, 0) is 87.3 Å². The summed E-state index contributed by atoms with van der Waals surface area (Å²) in [5.74, 6) is -0.312. The molecule has 2 fully saturated rings. The highest BCUT2D eigenvalue weighted by Gasteiger charge is 2.31. The standard InChI is InChI=1S/C27H27FN6O2/c28-20-7-10-24-19(14-20)15-23(26(35)29-24)25-17-34(31-30-25)21-8-5-18(6-9-21)27(36)33-13-3-4-22(33)16-32-11-1-2-12-32/h5-10,14-15,17,22H,1-4,11-13,16H2,(H,29,35)/t22-/m0/s1. The first-order valence-electron chi connectivity index (χ1n) is 12.4. The molecule has 1 amide bonds. The van der Waals surface area contributed by atoms with Crippen molar-refractivity contribution in [1.29, 1.82) is 0 Å². The van der Waals surface area contributed by atoms with Crippen molar-refractivity contribution in [2.45, 2.75) is 31.7 Å². The Balaban J connectivity index is 1.20. The SMILES string of the molecule is O=C(c1ccc(-n2cc(-c3cc4cc(F)ccc4[nH]c3=O)nn2)cc1)N1CCC[C@H]1CN1CCCC1. The van der Waals surface area contributed by atoms with Crippen molar-refractivity contribution < 1.29 is 9.18 Å². The van der Waals surface area contributed by atoms with Crippen LogP contribution in [0.3, 0.4) is 0 Å². The number of H-pyrrole nitrogens is 1. The second-order valence-electron chi connectivity index (χ2n) is 9.64. The normalized spacial score (nSPS) is 18.4. The molecule has 184 valence electrons. The number of amides is 1. The number of carbonyl (C=O) groups excluding carboxylic acids is 1. The van der Waals surface area contributed by atoms with E-state index >= 15 is 0 Å². The van der Waals surface area contributed by atoms with Gasteiger partial charge in [-0.1, -0.05) is 5.21 Å². The summed E-state index contributed by atoms with van der Waals surface area (Å²) in [4.78, 5) is 33.1. The third-order valence-electron chi connectivity index (χ3n) is 7.26. The maximum Gasteiger partial charge on any atom is 0.258 e. The predicted octanol–water partition coefficient (Wildman–Crippen LogP) is 3.62. The number of aromatic nitrogens is 4. The summed E-state index contributed by atoms with van der Waals surface area (Å²) in [5.41, 5.74) is 2.30. The number of carbonyl (C=O) groups is 1. The van der Waals surface area contributed by atoms with Crippen molar-refractivity contribution in [1.82, 2.24) is 29.8 Å². The Morgan fingerprint density at radius 2 is 1.83 bits per heavy atom. The van der Waals surface area contributed by atoms with Gasteiger partial charge >= 0.3 is 0 Å². The number of nitrogens with one attached hydrogen (secondary N) is 1. The van der Waals surface area contributed by atoms with Gasteiger partial charge in [-0.2, -0.15) is 0 Å². The second kappa shape index (κ2) is 9.31. The maximum atomic E-state index is 13.6. The van der Waals surface area contributed by atoms with Gasteiger partial charge in [0.2, 0.25) is 0 Å². The van der Waals surface area contributed by atoms with Crippen LogP contribution in [0.2, 0.25) is 0 Å². The smallest absolute Gasteiger partial charge is 0.258 e. The zero-order valence-corrected chi connectivity index (χ0v) is 19.9. The first-order chi connectivity index (χ1) is 17.5. The molecule has 8 nitrogen and oxygen atoms in total. The Bertz CT molecular complexity index is 1470. The van der Waals surface area contributed by atoms with Crippen molar-refractivity contribution in [3.8, 4) is 16.9 Å². The number of hydrogen-bond acceptors (Lipinski definition) is 5. The molecule has 36 heavy (non-hydrogen) atoms. The number of benzene rings is 2. The van der Waals surface area contributed by atoms with E-state index in [2.05, 4.69) is 20.2 Å². The number of fused-ring (bicyclic) bond motifs is 1. The maximum absolute atomic E-state index is 13.6. The van der Waals surface area contributed by atoms with Crippen LogP contribution in [0.4, 0.5) is 4.39 Å². The van der Waals surface area contributed by atoms with Gasteiger partial charge in [0.15, 0.2) is 0 Å². The Kier molecular flexibility index (Phi) is 5.85. The molecule has 2 aliphatic rings. The van der Waals surface area contributed by atoms with Crippen LogP contribution in [-0.2, 0) is 0 Å². The summed E-state index contributed by atoms with van der Waals surface area (Å²) < 4.78 is 15.2. The van der Waals surface area contributed by atoms with E-state index in [9.17, 15) is 14.0 Å². The number of likely N-dealkylation sites (tertiary alicyclic amines) is 2. The van der Waals surface area contributed by atoms with Crippen LogP contribution in [0.15, 0.2) is 59.5 Å². The van der Waals surface area contributed by atoms with Gasteiger partial charge in [0.05, 0.1) is 17.4 Å². The molecule has 1 atom stereocenters. The lowest BCUT2D eigenvalue weighted by Gasteiger charge is -2.28. The fourth-order valence-corrected chi connectivity index (χ4v) is 5.36. The molecular weight excluding hydrogens is 459 g/mol. The fraction of sp³-hybridized carbons (Fsp3) is 0.333. The molecule has 1 N–H and O–H groups in total. The number of halogens is 1. The van der Waals surface area contributed by atoms with Gasteiger partial charge in [-0.3, -0.25) is 9.59 Å². The summed E-state index contributed by atoms with van der Waals surface area (Å²) in [6, 6.07) is 13.4. The lowest BCUT2D eigenvalue weighted by molar-refractivity contribution is 0.0709. The predicted molar refractivity (Wildman–Crippen MR) is 135 cm³/mol. The van der Waals surface area contributed by atoms with Crippen LogP contribution in [-0.4, -0.2) is 67.9 Å². The molecule has 0 bridgehead atoms. The van der Waals surface area contributed by atoms with E-state index in [1.807, 2.05) is 29.2 Å². The second-order valence-corrected chi connectivity index (χ2v) is 9.64. The van der Waals surface area contributed by atoms with E-state index in [0.29, 0.717) is 27.7 Å². The Morgan fingerprint density at radius 3 is 2.64 bits per heavy atom. The Morgan fingerprint density at radius 1 is 1.03 bits per heavy atom. The fourth-order valence-electron chi connectivity index (χ4n) is 5.36. The minimum atomic E-state index is -0.380. The lowest BCUT2D eigenvalue weighted by Crippen LogP contribution is -2.42. The average Bonchev–Trinajstić information content (AvgIpc) is 3.66. The minimum absolute atomic E-state index is 0.0671. The summed E-state index contributed by atoms with van der Waals surface area (Å²) in [5, 5.41) is 8.89. The molecule has 2 aliphatic heterocycles. The first-order valence-corrected chi connectivity index (χ1v) is 12.4. The molecular formula is C27H27FN6O2. The molecule has 2 saturated heterocycles. The van der Waals surface area contributed by atoms with Crippen LogP contribution < -0.4 is 5.56 Å². The van der Waals surface area contributed by atoms with E-state index in [0.717, 1.165) is 44.7 Å². The number of hydrogen-bond donors (Lipinski definition) is 1. The van der Waals surface area contributed by atoms with Gasteiger partial charge in [0.1, 0.15) is 11.5 Å². The molecule has 0 spiro atoms. The molecule has 9 heteroatoms. The zero-order chi connectivity index (χ0) is 24.6. The van der Waals surface area contributed by atoms with Crippen LogP contribution in [0.25, 0.3) is 27.8 Å². The largest absolute Gasteiger partial charge is 0.334 e. The van der Waals surface area contributed by atoms with Gasteiger partial charge in [-0.25, -0.2) is 9.07 Å². The van der Waals surface area contributed by atoms with Gasteiger partial charge in [0, 0.05) is 35.6 Å². The highest BCUT2D eigenvalue weighted by molar-refractivity contribution is 5.94. The van der Waals surface area contributed by atoms with Crippen molar-refractivity contribution in [3.05, 3.63) is 76.5 Å². The van der Waals surface area contributed by atoms with E-state index in [1.54, 1.807) is 16.9 Å². The van der Waals surface area contributed by atoms with E-state index in [4.69, 9.17) is 0 Å². The molecule has 0 saturated carbocycles. The van der Waals surface area contributed by atoms with Crippen LogP contribution in [0.5, 0.6) is 0 Å². The molecule has 2 aromatic heterocycles. The Labute approximate surface area is 207 Å². The van der Waals surface area contributed by atoms with Gasteiger partial charge < -0.3 is 14.8 Å². The first kappa shape index (κ1) is 22.6. The molecule has 6 rings (SSSR count). The summed E-state index contributed by atoms with van der Waals surface area (Å²) in [6.07, 6.45) is 6.26. The zero-order valence-electron chi connectivity index (χ0n) is 19.9. The molecule has 0 aliphatic carbocycles. The van der Waals surface area contributed by atoms with Gasteiger partial charge in [0.25, 0.3) is 11.5 Å². The third kappa shape index (κ3) is 4.30. The topological polar surface area (TPSA) is 87.1 Å². The number of nitrogens with zero attached hydrogens (tertiary/aromatic N) is 5. The third-order valence-corrected chi connectivity index (χ3v) is 7.26. The highest BCUT2D eigenvalue weighted by atomic mass is 19.1. The van der Waals surface area contributed by atoms with Crippen molar-refractivity contribution >= 4 is 16.8 Å². The quantitative estimate of drug-likeness (QED) is 0.466. The number of aromatic amines is 1. The molecule has 4 aromatic rings.